The molecule has 0 saturated carbocycles. The zero-order valence-electron chi connectivity index (χ0n) is 15.6. The maximum atomic E-state index is 11.5. The second-order valence-electron chi connectivity index (χ2n) is 7.38. The predicted octanol–water partition coefficient (Wildman–Crippen LogP) is 4.20. The molecule has 0 heterocycles. The molecule has 0 aromatic heterocycles. The Morgan fingerprint density at radius 2 is 1.75 bits per heavy atom. The van der Waals surface area contributed by atoms with Crippen molar-refractivity contribution >= 4 is 5.97 Å². The minimum Gasteiger partial charge on any atom is -0.489 e. The first kappa shape index (κ1) is 18.3. The molecule has 0 saturated heterocycles. The number of carboxylic acid groups (broad SMARTS) is 1. The fourth-order valence-corrected chi connectivity index (χ4v) is 3.78. The molecular formula is C24H23NO3. The van der Waals surface area contributed by atoms with Gasteiger partial charge in [0.15, 0.2) is 0 Å². The van der Waals surface area contributed by atoms with Crippen LogP contribution in [0.1, 0.15) is 23.1 Å². The summed E-state index contributed by atoms with van der Waals surface area (Å²) in [5.41, 5.74) is 10.4. The molecule has 3 N–H and O–H groups in total. The maximum Gasteiger partial charge on any atom is 0.324 e. The van der Waals surface area contributed by atoms with E-state index >= 15 is 0 Å². The lowest BCUT2D eigenvalue weighted by molar-refractivity contribution is -0.143. The third-order valence-electron chi connectivity index (χ3n) is 5.45. The number of nitrogens with two attached hydrogens (primary N) is 1. The van der Waals surface area contributed by atoms with Gasteiger partial charge in [-0.15, -0.1) is 0 Å². The number of hydrogen-bond donors (Lipinski definition) is 2. The highest BCUT2D eigenvalue weighted by Crippen LogP contribution is 2.31. The molecule has 0 fully saturated rings. The Labute approximate surface area is 164 Å². The average molecular weight is 373 g/mol. The van der Waals surface area contributed by atoms with Crippen LogP contribution in [-0.4, -0.2) is 16.6 Å². The lowest BCUT2D eigenvalue weighted by Gasteiger charge is -2.31. The van der Waals surface area contributed by atoms with Crippen LogP contribution in [0.15, 0.2) is 72.8 Å². The fourth-order valence-electron chi connectivity index (χ4n) is 3.78. The largest absolute Gasteiger partial charge is 0.489 e. The Kier molecular flexibility index (Phi) is 4.88. The molecule has 1 aliphatic rings. The number of hydrogen-bond acceptors (Lipinski definition) is 3. The summed E-state index contributed by atoms with van der Waals surface area (Å²) >= 11 is 0. The first-order valence-electron chi connectivity index (χ1n) is 9.45. The second-order valence-corrected chi connectivity index (χ2v) is 7.38. The van der Waals surface area contributed by atoms with Crippen molar-refractivity contribution in [3.8, 4) is 16.9 Å². The topological polar surface area (TPSA) is 72.6 Å². The smallest absolute Gasteiger partial charge is 0.324 e. The van der Waals surface area contributed by atoms with Crippen LogP contribution in [0.4, 0.5) is 0 Å². The van der Waals surface area contributed by atoms with Gasteiger partial charge in [-0.2, -0.15) is 0 Å². The molecule has 0 spiro atoms. The molecule has 4 rings (SSSR count). The number of aryl methyl sites for hydroxylation is 1. The predicted molar refractivity (Wildman–Crippen MR) is 109 cm³/mol. The molecule has 0 bridgehead atoms. The molecule has 4 heteroatoms. The van der Waals surface area contributed by atoms with Crippen molar-refractivity contribution in [2.24, 2.45) is 5.73 Å². The van der Waals surface area contributed by atoms with Gasteiger partial charge in [0.05, 0.1) is 0 Å². The summed E-state index contributed by atoms with van der Waals surface area (Å²) in [6.07, 6.45) is 1.46. The minimum absolute atomic E-state index is 0.329. The lowest BCUT2D eigenvalue weighted by atomic mass is 9.78. The third-order valence-corrected chi connectivity index (χ3v) is 5.45. The van der Waals surface area contributed by atoms with Crippen molar-refractivity contribution in [2.75, 3.05) is 0 Å². The monoisotopic (exact) mass is 373 g/mol. The zero-order valence-corrected chi connectivity index (χ0v) is 15.6. The zero-order chi connectivity index (χ0) is 19.6. The number of ether oxygens (including phenoxy) is 1. The van der Waals surface area contributed by atoms with E-state index in [9.17, 15) is 9.90 Å². The van der Waals surface area contributed by atoms with E-state index in [0.717, 1.165) is 33.6 Å². The Bertz CT molecular complexity index is 1000. The van der Waals surface area contributed by atoms with Gasteiger partial charge in [-0.05, 0) is 52.8 Å². The van der Waals surface area contributed by atoms with Gasteiger partial charge >= 0.3 is 5.97 Å². The number of aliphatic carboxylic acids is 1. The van der Waals surface area contributed by atoms with E-state index in [1.165, 1.54) is 0 Å². The summed E-state index contributed by atoms with van der Waals surface area (Å²) < 4.78 is 6.06. The van der Waals surface area contributed by atoms with Crippen molar-refractivity contribution in [3.63, 3.8) is 0 Å². The van der Waals surface area contributed by atoms with Gasteiger partial charge < -0.3 is 15.6 Å². The van der Waals surface area contributed by atoms with E-state index in [1.54, 1.807) is 0 Å². The average Bonchev–Trinajstić information content (AvgIpc) is 2.72. The summed E-state index contributed by atoms with van der Waals surface area (Å²) in [5, 5.41) is 9.43. The molecule has 0 unspecified atom stereocenters. The van der Waals surface area contributed by atoms with Crippen molar-refractivity contribution < 1.29 is 14.6 Å². The van der Waals surface area contributed by atoms with Crippen LogP contribution in [0, 0.1) is 0 Å². The number of rotatable bonds is 5. The fraction of sp³-hybridized carbons (Fsp3) is 0.208. The summed E-state index contributed by atoms with van der Waals surface area (Å²) in [6, 6.07) is 24.3. The molecule has 0 aliphatic heterocycles. The minimum atomic E-state index is -1.19. The highest BCUT2D eigenvalue weighted by atomic mass is 16.5. The van der Waals surface area contributed by atoms with Crippen molar-refractivity contribution in [2.45, 2.75) is 31.4 Å². The number of carbonyl (C=O) groups is 1. The van der Waals surface area contributed by atoms with E-state index in [4.69, 9.17) is 10.5 Å². The van der Waals surface area contributed by atoms with Crippen molar-refractivity contribution in [3.05, 3.63) is 89.5 Å². The van der Waals surface area contributed by atoms with Crippen molar-refractivity contribution in [1.29, 1.82) is 0 Å². The van der Waals surface area contributed by atoms with Gasteiger partial charge in [0.2, 0.25) is 0 Å². The highest BCUT2D eigenvalue weighted by molar-refractivity contribution is 5.79. The van der Waals surface area contributed by atoms with Gasteiger partial charge in [-0.3, -0.25) is 4.79 Å². The quantitative estimate of drug-likeness (QED) is 0.703. The molecule has 3 aromatic carbocycles. The molecular weight excluding hydrogens is 350 g/mol. The molecule has 3 aromatic rings. The van der Waals surface area contributed by atoms with E-state index in [-0.39, 0.29) is 0 Å². The van der Waals surface area contributed by atoms with Gasteiger partial charge in [0, 0.05) is 6.42 Å². The van der Waals surface area contributed by atoms with Gasteiger partial charge in [-0.25, -0.2) is 0 Å². The van der Waals surface area contributed by atoms with E-state index in [2.05, 4.69) is 24.3 Å². The molecule has 142 valence electrons. The van der Waals surface area contributed by atoms with Crippen LogP contribution in [0.3, 0.4) is 0 Å². The van der Waals surface area contributed by atoms with Crippen LogP contribution in [-0.2, 0) is 24.2 Å². The summed E-state index contributed by atoms with van der Waals surface area (Å²) in [7, 11) is 0. The van der Waals surface area contributed by atoms with Crippen LogP contribution in [0.25, 0.3) is 11.1 Å². The molecule has 0 amide bonds. The number of benzene rings is 3. The van der Waals surface area contributed by atoms with E-state index in [0.29, 0.717) is 25.9 Å². The Balaban J connectivity index is 1.54. The second kappa shape index (κ2) is 7.49. The normalized spacial score (nSPS) is 18.3. The molecule has 1 atom stereocenters. The molecule has 4 nitrogen and oxygen atoms in total. The summed E-state index contributed by atoms with van der Waals surface area (Å²) in [5.74, 6) is -0.211. The Morgan fingerprint density at radius 1 is 1.00 bits per heavy atom. The number of carboxylic acids is 1. The first-order valence-corrected chi connectivity index (χ1v) is 9.45. The van der Waals surface area contributed by atoms with Crippen LogP contribution >= 0.6 is 0 Å². The van der Waals surface area contributed by atoms with Crippen LogP contribution in [0.2, 0.25) is 0 Å². The van der Waals surface area contributed by atoms with E-state index in [1.807, 2.05) is 48.5 Å². The maximum absolute atomic E-state index is 11.5. The van der Waals surface area contributed by atoms with Crippen LogP contribution < -0.4 is 10.5 Å². The van der Waals surface area contributed by atoms with Gasteiger partial charge in [-0.1, -0.05) is 60.7 Å². The standard InChI is InChI=1S/C24H23NO3/c25-24(23(26)27)13-12-17-10-11-21(14-20(17)15-24)28-16-19-8-4-5-9-22(19)18-6-2-1-3-7-18/h1-11,14H,12-13,15-16,25H2,(H,26,27)/t24-/m0/s1. The SMILES string of the molecule is N[C@@]1(C(=O)O)CCc2ccc(OCc3ccccc3-c3ccccc3)cc2C1. The third kappa shape index (κ3) is 3.64. The molecule has 1 aliphatic carbocycles. The van der Waals surface area contributed by atoms with Gasteiger partial charge in [0.25, 0.3) is 0 Å². The van der Waals surface area contributed by atoms with E-state index < -0.39 is 11.5 Å². The Morgan fingerprint density at radius 3 is 2.54 bits per heavy atom. The molecule has 0 radical (unpaired) electrons. The van der Waals surface area contributed by atoms with Crippen LogP contribution in [0.5, 0.6) is 5.75 Å². The summed E-state index contributed by atoms with van der Waals surface area (Å²) in [4.78, 5) is 11.5. The van der Waals surface area contributed by atoms with Gasteiger partial charge in [0.1, 0.15) is 17.9 Å². The Hall–Kier alpha value is -3.11. The summed E-state index contributed by atoms with van der Waals surface area (Å²) in [6.45, 7) is 0.441. The van der Waals surface area contributed by atoms with Crippen molar-refractivity contribution in [1.82, 2.24) is 0 Å². The highest BCUT2D eigenvalue weighted by Gasteiger charge is 2.37. The first-order chi connectivity index (χ1) is 13.5. The lowest BCUT2D eigenvalue weighted by Crippen LogP contribution is -2.52. The number of fused-ring (bicyclic) bond motifs is 1. The molecule has 28 heavy (non-hydrogen) atoms.